The van der Waals surface area contributed by atoms with Crippen LogP contribution in [0.1, 0.15) is 65.6 Å². The fourth-order valence-corrected chi connectivity index (χ4v) is 5.18. The molecule has 4 rings (SSSR count). The van der Waals surface area contributed by atoms with Gasteiger partial charge in [0.15, 0.2) is 0 Å². The monoisotopic (exact) mass is 487 g/mol. The summed E-state index contributed by atoms with van der Waals surface area (Å²) in [6, 6.07) is 14.5. The molecule has 0 aromatic heterocycles. The van der Waals surface area contributed by atoms with Gasteiger partial charge in [-0.05, 0) is 67.6 Å². The number of urea groups is 1. The number of aliphatic carboxylic acids is 1. The number of carboxylic acids is 1. The predicted molar refractivity (Wildman–Crippen MR) is 143 cm³/mol. The van der Waals surface area contributed by atoms with Crippen LogP contribution in [0.4, 0.5) is 16.2 Å². The Labute approximate surface area is 211 Å². The van der Waals surface area contributed by atoms with Crippen LogP contribution in [0.25, 0.3) is 10.8 Å². The largest absolute Gasteiger partial charge is 0.480 e. The summed E-state index contributed by atoms with van der Waals surface area (Å²) in [5.74, 6) is -1.53. The molecular formula is C29H33N3O4. The van der Waals surface area contributed by atoms with Gasteiger partial charge in [-0.1, -0.05) is 67.6 Å². The number of fused-ring (bicyclic) bond motifs is 1. The van der Waals surface area contributed by atoms with Crippen LogP contribution in [0.5, 0.6) is 0 Å². The van der Waals surface area contributed by atoms with Crippen LogP contribution in [0.3, 0.4) is 0 Å². The highest BCUT2D eigenvalue weighted by Gasteiger charge is 2.40. The summed E-state index contributed by atoms with van der Waals surface area (Å²) in [5, 5.41) is 20.3. The summed E-state index contributed by atoms with van der Waals surface area (Å²) in [7, 11) is 0. The lowest BCUT2D eigenvalue weighted by Crippen LogP contribution is -2.54. The Morgan fingerprint density at radius 2 is 1.39 bits per heavy atom. The molecule has 1 fully saturated rings. The van der Waals surface area contributed by atoms with E-state index in [4.69, 9.17) is 0 Å². The van der Waals surface area contributed by atoms with Crippen molar-refractivity contribution in [3.8, 4) is 0 Å². The smallest absolute Gasteiger partial charge is 0.329 e. The molecule has 0 unspecified atom stereocenters. The topological polar surface area (TPSA) is 108 Å². The van der Waals surface area contributed by atoms with E-state index in [1.54, 1.807) is 12.1 Å². The van der Waals surface area contributed by atoms with Gasteiger partial charge in [-0.15, -0.1) is 0 Å². The number of benzene rings is 3. The molecule has 7 nitrogen and oxygen atoms in total. The molecular weight excluding hydrogens is 454 g/mol. The third-order valence-corrected chi connectivity index (χ3v) is 7.01. The Kier molecular flexibility index (Phi) is 7.29. The molecule has 0 bridgehead atoms. The quantitative estimate of drug-likeness (QED) is 0.316. The van der Waals surface area contributed by atoms with E-state index in [1.165, 1.54) is 0 Å². The van der Waals surface area contributed by atoms with Gasteiger partial charge in [-0.25, -0.2) is 9.59 Å². The normalized spacial score (nSPS) is 15.1. The van der Waals surface area contributed by atoms with E-state index in [1.807, 2.05) is 57.2 Å². The molecule has 0 atom stereocenters. The molecule has 3 aromatic rings. The average Bonchev–Trinajstić information content (AvgIpc) is 3.07. The molecule has 1 aliphatic rings. The summed E-state index contributed by atoms with van der Waals surface area (Å²) >= 11 is 0. The number of carbonyl (C=O) groups is 3. The molecule has 1 aliphatic carbocycles. The molecule has 0 radical (unpaired) electrons. The zero-order chi connectivity index (χ0) is 25.9. The number of hydrogen-bond donors (Lipinski definition) is 4. The summed E-state index contributed by atoms with van der Waals surface area (Å²) in [4.78, 5) is 38.8. The average molecular weight is 488 g/mol. The van der Waals surface area contributed by atoms with Crippen molar-refractivity contribution in [3.63, 3.8) is 0 Å². The number of amides is 3. The lowest BCUT2D eigenvalue weighted by molar-refractivity contribution is -0.145. The van der Waals surface area contributed by atoms with Gasteiger partial charge in [0.25, 0.3) is 5.91 Å². The van der Waals surface area contributed by atoms with Gasteiger partial charge >= 0.3 is 12.0 Å². The maximum absolute atomic E-state index is 13.5. The molecule has 3 aromatic carbocycles. The lowest BCUT2D eigenvalue weighted by Gasteiger charge is -2.29. The van der Waals surface area contributed by atoms with Crippen molar-refractivity contribution in [1.29, 1.82) is 0 Å². The number of carbonyl (C=O) groups excluding carboxylic acids is 2. The third-order valence-electron chi connectivity index (χ3n) is 7.01. The zero-order valence-electron chi connectivity index (χ0n) is 21.0. The maximum Gasteiger partial charge on any atom is 0.329 e. The standard InChI is InChI=1S/C29H33N3O4/c1-18-14-19(2)25(20(3)15-18)31-28(36)30-24-17-22-11-7-6-10-21(22)16-23(24)26(33)32-29(27(34)35)12-8-4-5-9-13-29/h6-7,10-11,14-17H,4-5,8-9,12-13H2,1-3H3,(H,32,33)(H,34,35)(H2,30,31,36). The second-order valence-electron chi connectivity index (χ2n) is 9.85. The first-order chi connectivity index (χ1) is 17.2. The first kappa shape index (κ1) is 25.2. The van der Waals surface area contributed by atoms with Crippen molar-refractivity contribution in [2.24, 2.45) is 0 Å². The van der Waals surface area contributed by atoms with Crippen LogP contribution in [-0.2, 0) is 4.79 Å². The minimum absolute atomic E-state index is 0.228. The van der Waals surface area contributed by atoms with Crippen LogP contribution in [0.2, 0.25) is 0 Å². The van der Waals surface area contributed by atoms with Gasteiger partial charge in [-0.3, -0.25) is 4.79 Å². The Balaban J connectivity index is 1.66. The Morgan fingerprint density at radius 3 is 1.97 bits per heavy atom. The minimum Gasteiger partial charge on any atom is -0.480 e. The highest BCUT2D eigenvalue weighted by molar-refractivity contribution is 6.10. The second kappa shape index (κ2) is 10.4. The van der Waals surface area contributed by atoms with Gasteiger partial charge in [0.05, 0.1) is 11.3 Å². The molecule has 0 aliphatic heterocycles. The van der Waals surface area contributed by atoms with E-state index in [0.29, 0.717) is 24.2 Å². The molecule has 4 N–H and O–H groups in total. The van der Waals surface area contributed by atoms with Crippen molar-refractivity contribution in [3.05, 3.63) is 70.8 Å². The van der Waals surface area contributed by atoms with Crippen LogP contribution in [0.15, 0.2) is 48.5 Å². The van der Waals surface area contributed by atoms with Crippen molar-refractivity contribution in [1.82, 2.24) is 5.32 Å². The van der Waals surface area contributed by atoms with Gasteiger partial charge < -0.3 is 21.1 Å². The number of nitrogens with one attached hydrogen (secondary N) is 3. The summed E-state index contributed by atoms with van der Waals surface area (Å²) in [6.07, 6.45) is 4.16. The molecule has 0 spiro atoms. The summed E-state index contributed by atoms with van der Waals surface area (Å²) < 4.78 is 0. The van der Waals surface area contributed by atoms with Gasteiger partial charge in [0.1, 0.15) is 5.54 Å². The van der Waals surface area contributed by atoms with Crippen LogP contribution in [0, 0.1) is 20.8 Å². The third kappa shape index (κ3) is 5.35. The fraction of sp³-hybridized carbons (Fsp3) is 0.345. The molecule has 0 heterocycles. The van der Waals surface area contributed by atoms with E-state index in [2.05, 4.69) is 16.0 Å². The predicted octanol–water partition coefficient (Wildman–Crippen LogP) is 6.32. The SMILES string of the molecule is Cc1cc(C)c(NC(=O)Nc2cc3ccccc3cc2C(=O)NC2(C(=O)O)CCCCCC2)c(C)c1. The summed E-state index contributed by atoms with van der Waals surface area (Å²) in [5.41, 5.74) is 2.94. The van der Waals surface area contributed by atoms with Gasteiger partial charge in [0, 0.05) is 5.69 Å². The molecule has 0 saturated heterocycles. The van der Waals surface area contributed by atoms with Gasteiger partial charge in [0.2, 0.25) is 0 Å². The number of aryl methyl sites for hydroxylation is 3. The molecule has 188 valence electrons. The van der Waals surface area contributed by atoms with E-state index < -0.39 is 23.4 Å². The highest BCUT2D eigenvalue weighted by atomic mass is 16.4. The molecule has 7 heteroatoms. The Bertz CT molecular complexity index is 1300. The van der Waals surface area contributed by atoms with Crippen molar-refractivity contribution < 1.29 is 19.5 Å². The molecule has 1 saturated carbocycles. The van der Waals surface area contributed by atoms with Crippen LogP contribution >= 0.6 is 0 Å². The maximum atomic E-state index is 13.5. The number of anilines is 2. The molecule has 3 amide bonds. The Morgan fingerprint density at radius 1 is 0.806 bits per heavy atom. The lowest BCUT2D eigenvalue weighted by atomic mass is 9.89. The minimum atomic E-state index is -1.31. The van der Waals surface area contributed by atoms with Gasteiger partial charge in [-0.2, -0.15) is 0 Å². The first-order valence-electron chi connectivity index (χ1n) is 12.4. The molecule has 36 heavy (non-hydrogen) atoms. The van der Waals surface area contributed by atoms with E-state index in [0.717, 1.165) is 53.1 Å². The highest BCUT2D eigenvalue weighted by Crippen LogP contribution is 2.30. The fourth-order valence-electron chi connectivity index (χ4n) is 5.18. The Hall–Kier alpha value is -3.87. The van der Waals surface area contributed by atoms with Crippen LogP contribution in [-0.4, -0.2) is 28.6 Å². The van der Waals surface area contributed by atoms with Crippen LogP contribution < -0.4 is 16.0 Å². The summed E-state index contributed by atoms with van der Waals surface area (Å²) in [6.45, 7) is 5.87. The van der Waals surface area contributed by atoms with Crippen molar-refractivity contribution >= 4 is 40.1 Å². The van der Waals surface area contributed by atoms with Crippen molar-refractivity contribution in [2.75, 3.05) is 10.6 Å². The number of hydrogen-bond acceptors (Lipinski definition) is 3. The van der Waals surface area contributed by atoms with E-state index >= 15 is 0 Å². The van der Waals surface area contributed by atoms with E-state index in [9.17, 15) is 19.5 Å². The first-order valence-corrected chi connectivity index (χ1v) is 12.4. The second-order valence-corrected chi connectivity index (χ2v) is 9.85. The number of carboxylic acid groups (broad SMARTS) is 1. The number of rotatable bonds is 5. The zero-order valence-corrected chi connectivity index (χ0v) is 21.0. The van der Waals surface area contributed by atoms with E-state index in [-0.39, 0.29) is 5.56 Å². The van der Waals surface area contributed by atoms with Crippen molar-refractivity contribution in [2.45, 2.75) is 64.8 Å².